The Morgan fingerprint density at radius 3 is 2.39 bits per heavy atom. The summed E-state index contributed by atoms with van der Waals surface area (Å²) in [5.41, 5.74) is 11.0. The number of fused-ring (bicyclic) bond motifs is 3. The van der Waals surface area contributed by atoms with Crippen LogP contribution < -0.4 is 5.43 Å². The average molecular weight is 436 g/mol. The Balaban J connectivity index is 1.24. The highest BCUT2D eigenvalue weighted by Gasteiger charge is 2.19. The zero-order valence-electron chi connectivity index (χ0n) is 19.1. The summed E-state index contributed by atoms with van der Waals surface area (Å²) >= 11 is 0. The van der Waals surface area contributed by atoms with Crippen LogP contribution in [-0.2, 0) is 24.2 Å². The predicted octanol–water partition coefficient (Wildman–Crippen LogP) is 6.12. The van der Waals surface area contributed by atoms with E-state index < -0.39 is 0 Å². The lowest BCUT2D eigenvalue weighted by molar-refractivity contribution is -0.121. The number of carbonyl (C=O) groups is 1. The van der Waals surface area contributed by atoms with Crippen LogP contribution in [0.2, 0.25) is 0 Å². The minimum atomic E-state index is -0.0578. The molecule has 0 unspecified atom stereocenters. The number of aryl methyl sites for hydroxylation is 2. The SMILES string of the molecule is CC(=NNC(=O)CCn1c2c(c3ccccc31)CCCC2)c1ccc(-c2ccccc2)cc1. The fourth-order valence-corrected chi connectivity index (χ4v) is 4.86. The van der Waals surface area contributed by atoms with E-state index in [0.717, 1.165) is 24.1 Å². The lowest BCUT2D eigenvalue weighted by atomic mass is 9.95. The van der Waals surface area contributed by atoms with Gasteiger partial charge in [-0.2, -0.15) is 5.10 Å². The van der Waals surface area contributed by atoms with Crippen LogP contribution in [-0.4, -0.2) is 16.2 Å². The minimum absolute atomic E-state index is 0.0578. The van der Waals surface area contributed by atoms with Crippen molar-refractivity contribution in [2.45, 2.75) is 45.6 Å². The maximum absolute atomic E-state index is 12.6. The fourth-order valence-electron chi connectivity index (χ4n) is 4.86. The van der Waals surface area contributed by atoms with Gasteiger partial charge >= 0.3 is 0 Å². The van der Waals surface area contributed by atoms with Crippen LogP contribution in [0.1, 0.15) is 43.0 Å². The second kappa shape index (κ2) is 9.45. The van der Waals surface area contributed by atoms with Crippen LogP contribution >= 0.6 is 0 Å². The molecule has 1 aliphatic carbocycles. The van der Waals surface area contributed by atoms with Gasteiger partial charge in [0.05, 0.1) is 5.71 Å². The molecule has 0 atom stereocenters. The topological polar surface area (TPSA) is 46.4 Å². The van der Waals surface area contributed by atoms with E-state index in [0.29, 0.717) is 13.0 Å². The van der Waals surface area contributed by atoms with Gasteiger partial charge in [-0.1, -0.05) is 72.8 Å². The van der Waals surface area contributed by atoms with Crippen LogP contribution in [0, 0.1) is 0 Å². The molecule has 1 N–H and O–H groups in total. The zero-order chi connectivity index (χ0) is 22.6. The third kappa shape index (κ3) is 4.47. The van der Waals surface area contributed by atoms with Gasteiger partial charge in [0.2, 0.25) is 5.91 Å². The maximum Gasteiger partial charge on any atom is 0.241 e. The van der Waals surface area contributed by atoms with Gasteiger partial charge in [-0.3, -0.25) is 4.79 Å². The monoisotopic (exact) mass is 435 g/mol. The molecule has 0 spiro atoms. The Labute approximate surface area is 195 Å². The molecule has 4 aromatic rings. The lowest BCUT2D eigenvalue weighted by Crippen LogP contribution is -2.21. The summed E-state index contributed by atoms with van der Waals surface area (Å²) in [7, 11) is 0. The summed E-state index contributed by atoms with van der Waals surface area (Å²) < 4.78 is 2.35. The number of benzene rings is 3. The molecule has 1 amide bonds. The van der Waals surface area contributed by atoms with Crippen molar-refractivity contribution in [1.29, 1.82) is 0 Å². The molecule has 1 aromatic heterocycles. The van der Waals surface area contributed by atoms with Gasteiger partial charge in [-0.15, -0.1) is 0 Å². The average Bonchev–Trinajstić information content (AvgIpc) is 3.20. The van der Waals surface area contributed by atoms with Gasteiger partial charge in [0.15, 0.2) is 0 Å². The number of carbonyl (C=O) groups excluding carboxylic acids is 1. The van der Waals surface area contributed by atoms with E-state index in [2.05, 4.69) is 63.6 Å². The summed E-state index contributed by atoms with van der Waals surface area (Å²) in [6.07, 6.45) is 5.13. The summed E-state index contributed by atoms with van der Waals surface area (Å²) in [5.74, 6) is -0.0578. The summed E-state index contributed by atoms with van der Waals surface area (Å²) in [6.45, 7) is 2.61. The molecule has 4 heteroatoms. The summed E-state index contributed by atoms with van der Waals surface area (Å²) in [4.78, 5) is 12.6. The maximum atomic E-state index is 12.6. The van der Waals surface area contributed by atoms with Gasteiger partial charge < -0.3 is 4.57 Å². The Morgan fingerprint density at radius 2 is 1.58 bits per heavy atom. The van der Waals surface area contributed by atoms with Crippen LogP contribution in [0.3, 0.4) is 0 Å². The number of rotatable bonds is 6. The first-order chi connectivity index (χ1) is 16.2. The smallest absolute Gasteiger partial charge is 0.241 e. The molecule has 5 rings (SSSR count). The Bertz CT molecular complexity index is 1300. The first kappa shape index (κ1) is 21.2. The zero-order valence-corrected chi connectivity index (χ0v) is 19.1. The quantitative estimate of drug-likeness (QED) is 0.288. The van der Waals surface area contributed by atoms with Gasteiger partial charge in [-0.05, 0) is 60.9 Å². The van der Waals surface area contributed by atoms with E-state index in [4.69, 9.17) is 0 Å². The van der Waals surface area contributed by atoms with E-state index in [-0.39, 0.29) is 5.91 Å². The van der Waals surface area contributed by atoms with E-state index in [1.807, 2.05) is 37.3 Å². The van der Waals surface area contributed by atoms with Crippen molar-refractivity contribution >= 4 is 22.5 Å². The first-order valence-electron chi connectivity index (χ1n) is 11.8. The summed E-state index contributed by atoms with van der Waals surface area (Å²) in [5, 5.41) is 5.70. The van der Waals surface area contributed by atoms with Crippen molar-refractivity contribution in [3.63, 3.8) is 0 Å². The Kier molecular flexibility index (Phi) is 6.07. The van der Waals surface area contributed by atoms with Crippen molar-refractivity contribution in [2.24, 2.45) is 5.10 Å². The molecule has 4 nitrogen and oxygen atoms in total. The third-order valence-corrected chi connectivity index (χ3v) is 6.61. The molecule has 166 valence electrons. The third-order valence-electron chi connectivity index (χ3n) is 6.61. The Morgan fingerprint density at radius 1 is 0.879 bits per heavy atom. The van der Waals surface area contributed by atoms with Crippen LogP contribution in [0.4, 0.5) is 0 Å². The number of nitrogens with zero attached hydrogens (tertiary/aromatic N) is 2. The molecule has 0 bridgehead atoms. The van der Waals surface area contributed by atoms with E-state index in [1.54, 1.807) is 0 Å². The van der Waals surface area contributed by atoms with Crippen LogP contribution in [0.5, 0.6) is 0 Å². The van der Waals surface area contributed by atoms with Crippen LogP contribution in [0.25, 0.3) is 22.0 Å². The fraction of sp³-hybridized carbons (Fsp3) is 0.241. The van der Waals surface area contributed by atoms with E-state index in [1.165, 1.54) is 46.1 Å². The van der Waals surface area contributed by atoms with E-state index in [9.17, 15) is 4.79 Å². The molecule has 1 aliphatic rings. The minimum Gasteiger partial charge on any atom is -0.344 e. The second-order valence-corrected chi connectivity index (χ2v) is 8.73. The Hall–Kier alpha value is -3.66. The standard InChI is InChI=1S/C29H29N3O/c1-21(22-15-17-24(18-16-22)23-9-3-2-4-10-23)30-31-29(33)19-20-32-27-13-7-5-11-25(27)26-12-6-8-14-28(26)32/h2-5,7,9-11,13,15-18H,6,8,12,14,19-20H2,1H3,(H,31,33). The summed E-state index contributed by atoms with van der Waals surface area (Å²) in [6, 6.07) is 27.1. The first-order valence-corrected chi connectivity index (χ1v) is 11.8. The van der Waals surface area contributed by atoms with Crippen molar-refractivity contribution < 1.29 is 4.79 Å². The van der Waals surface area contributed by atoms with Crippen molar-refractivity contribution in [3.8, 4) is 11.1 Å². The predicted molar refractivity (Wildman–Crippen MR) is 135 cm³/mol. The van der Waals surface area contributed by atoms with Gasteiger partial charge in [0.25, 0.3) is 0 Å². The number of para-hydroxylation sites is 1. The molecule has 0 radical (unpaired) electrons. The number of aromatic nitrogens is 1. The molecule has 0 fully saturated rings. The highest BCUT2D eigenvalue weighted by Crippen LogP contribution is 2.32. The van der Waals surface area contributed by atoms with Gasteiger partial charge in [0.1, 0.15) is 0 Å². The molecule has 0 saturated carbocycles. The second-order valence-electron chi connectivity index (χ2n) is 8.73. The lowest BCUT2D eigenvalue weighted by Gasteiger charge is -2.15. The van der Waals surface area contributed by atoms with Gasteiger partial charge in [-0.25, -0.2) is 5.43 Å². The van der Waals surface area contributed by atoms with Crippen LogP contribution in [0.15, 0.2) is 84.0 Å². The normalized spacial score (nSPS) is 13.7. The van der Waals surface area contributed by atoms with Gasteiger partial charge in [0, 0.05) is 29.6 Å². The number of nitrogens with one attached hydrogen (secondary N) is 1. The number of hydrogen-bond acceptors (Lipinski definition) is 2. The molecule has 1 heterocycles. The molecule has 3 aromatic carbocycles. The number of hydrogen-bond donors (Lipinski definition) is 1. The number of hydrazone groups is 1. The molecular weight excluding hydrogens is 406 g/mol. The molecule has 33 heavy (non-hydrogen) atoms. The number of amides is 1. The molecule has 0 saturated heterocycles. The highest BCUT2D eigenvalue weighted by atomic mass is 16.2. The van der Waals surface area contributed by atoms with Crippen molar-refractivity contribution in [3.05, 3.63) is 95.7 Å². The van der Waals surface area contributed by atoms with Crippen molar-refractivity contribution in [1.82, 2.24) is 9.99 Å². The molecule has 0 aliphatic heterocycles. The van der Waals surface area contributed by atoms with E-state index >= 15 is 0 Å². The van der Waals surface area contributed by atoms with Crippen molar-refractivity contribution in [2.75, 3.05) is 0 Å². The largest absolute Gasteiger partial charge is 0.344 e. The highest BCUT2D eigenvalue weighted by molar-refractivity contribution is 5.99. The molecular formula is C29H29N3O.